The molecular weight excluding hydrogens is 248 g/mol. The Hall–Kier alpha value is -2.23. The van der Waals surface area contributed by atoms with Crippen LogP contribution >= 0.6 is 0 Å². The summed E-state index contributed by atoms with van der Waals surface area (Å²) >= 11 is 0. The van der Waals surface area contributed by atoms with Crippen LogP contribution in [-0.2, 0) is 10.5 Å². The third-order valence-corrected chi connectivity index (χ3v) is 3.46. The van der Waals surface area contributed by atoms with Crippen LogP contribution in [0.25, 0.3) is 0 Å². The first-order valence-corrected chi connectivity index (χ1v) is 5.88. The molecule has 2 aromatic rings. The van der Waals surface area contributed by atoms with Crippen LogP contribution in [0.5, 0.6) is 0 Å². The van der Waals surface area contributed by atoms with Gasteiger partial charge in [0.1, 0.15) is 5.82 Å². The van der Waals surface area contributed by atoms with E-state index in [9.17, 15) is 9.18 Å². The molecule has 0 saturated carbocycles. The Kier molecular flexibility index (Phi) is 2.42. The first-order chi connectivity index (χ1) is 9.05. The summed E-state index contributed by atoms with van der Waals surface area (Å²) in [6.07, 6.45) is 0. The van der Waals surface area contributed by atoms with Gasteiger partial charge in [0, 0.05) is 18.2 Å². The molecule has 0 unspecified atom stereocenters. The quantitative estimate of drug-likeness (QED) is 0.771. The van der Waals surface area contributed by atoms with Gasteiger partial charge in [0.05, 0.1) is 5.69 Å². The van der Waals surface area contributed by atoms with Crippen LogP contribution in [0.3, 0.4) is 0 Å². The number of anilines is 1. The van der Waals surface area contributed by atoms with Gasteiger partial charge in [0.2, 0.25) is 5.67 Å². The Morgan fingerprint density at radius 1 is 1.11 bits per heavy atom. The van der Waals surface area contributed by atoms with Gasteiger partial charge in [-0.05, 0) is 18.2 Å². The minimum Gasteiger partial charge on any atom is -0.312 e. The SMILES string of the molecule is CN1C(=O)[C@](F)(c2ccccc2)c2cc(F)ccc21. The lowest BCUT2D eigenvalue weighted by atomic mass is 9.89. The van der Waals surface area contributed by atoms with Gasteiger partial charge >= 0.3 is 0 Å². The molecule has 1 aliphatic rings. The minimum atomic E-state index is -2.31. The van der Waals surface area contributed by atoms with E-state index in [2.05, 4.69) is 0 Å². The number of carbonyl (C=O) groups excluding carboxylic acids is 1. The van der Waals surface area contributed by atoms with E-state index in [-0.39, 0.29) is 11.1 Å². The molecule has 0 aromatic heterocycles. The summed E-state index contributed by atoms with van der Waals surface area (Å²) in [6.45, 7) is 0. The zero-order valence-electron chi connectivity index (χ0n) is 10.2. The summed E-state index contributed by atoms with van der Waals surface area (Å²) in [5.74, 6) is -1.25. The Labute approximate surface area is 109 Å². The molecule has 1 aliphatic heterocycles. The number of rotatable bonds is 1. The van der Waals surface area contributed by atoms with Crippen molar-refractivity contribution in [3.63, 3.8) is 0 Å². The van der Waals surface area contributed by atoms with Crippen molar-refractivity contribution in [3.05, 3.63) is 65.5 Å². The predicted molar refractivity (Wildman–Crippen MR) is 68.1 cm³/mol. The highest BCUT2D eigenvalue weighted by Crippen LogP contribution is 2.46. The van der Waals surface area contributed by atoms with Gasteiger partial charge in [-0.15, -0.1) is 0 Å². The number of fused-ring (bicyclic) bond motifs is 1. The highest BCUT2D eigenvalue weighted by atomic mass is 19.1. The van der Waals surface area contributed by atoms with Crippen LogP contribution in [-0.4, -0.2) is 13.0 Å². The number of hydrogen-bond acceptors (Lipinski definition) is 1. The highest BCUT2D eigenvalue weighted by Gasteiger charge is 2.52. The Morgan fingerprint density at radius 2 is 1.79 bits per heavy atom. The van der Waals surface area contributed by atoms with Crippen LogP contribution in [0.2, 0.25) is 0 Å². The summed E-state index contributed by atoms with van der Waals surface area (Å²) in [7, 11) is 1.49. The molecule has 0 radical (unpaired) electrons. The molecular formula is C15H11F2NO. The maximum atomic E-state index is 15.3. The normalized spacial score (nSPS) is 21.6. The summed E-state index contributed by atoms with van der Waals surface area (Å²) in [6, 6.07) is 11.8. The Morgan fingerprint density at radius 3 is 2.47 bits per heavy atom. The van der Waals surface area contributed by atoms with Gasteiger partial charge in [-0.1, -0.05) is 30.3 Å². The molecule has 0 bridgehead atoms. The van der Waals surface area contributed by atoms with E-state index in [1.165, 1.54) is 36.2 Å². The number of hydrogen-bond donors (Lipinski definition) is 0. The number of amides is 1. The lowest BCUT2D eigenvalue weighted by Gasteiger charge is -2.19. The van der Waals surface area contributed by atoms with Crippen molar-refractivity contribution < 1.29 is 13.6 Å². The van der Waals surface area contributed by atoms with Crippen LogP contribution < -0.4 is 4.90 Å². The molecule has 4 heteroatoms. The van der Waals surface area contributed by atoms with E-state index in [4.69, 9.17) is 0 Å². The van der Waals surface area contributed by atoms with Crippen molar-refractivity contribution in [2.24, 2.45) is 0 Å². The van der Waals surface area contributed by atoms with Gasteiger partial charge in [-0.2, -0.15) is 0 Å². The maximum absolute atomic E-state index is 15.3. The lowest BCUT2D eigenvalue weighted by Crippen LogP contribution is -2.35. The van der Waals surface area contributed by atoms with Gasteiger partial charge in [0.15, 0.2) is 0 Å². The predicted octanol–water partition coefficient (Wildman–Crippen LogP) is 3.02. The molecule has 1 atom stereocenters. The molecule has 0 saturated heterocycles. The number of alkyl halides is 1. The zero-order valence-corrected chi connectivity index (χ0v) is 10.2. The summed E-state index contributed by atoms with van der Waals surface area (Å²) in [5.41, 5.74) is -1.63. The van der Waals surface area contributed by atoms with Gasteiger partial charge < -0.3 is 4.90 Å². The molecule has 0 aliphatic carbocycles. The summed E-state index contributed by atoms with van der Waals surface area (Å²) in [5, 5.41) is 0. The van der Waals surface area contributed by atoms with Gasteiger partial charge in [0.25, 0.3) is 5.91 Å². The van der Waals surface area contributed by atoms with Crippen molar-refractivity contribution in [1.29, 1.82) is 0 Å². The first-order valence-electron chi connectivity index (χ1n) is 5.88. The number of benzene rings is 2. The highest BCUT2D eigenvalue weighted by molar-refractivity contribution is 6.08. The first kappa shape index (κ1) is 11.8. The molecule has 0 spiro atoms. The van der Waals surface area contributed by atoms with Gasteiger partial charge in [-0.3, -0.25) is 4.79 Å². The molecule has 0 N–H and O–H groups in total. The number of likely N-dealkylation sites (N-methyl/N-ethyl adjacent to an activating group) is 1. The largest absolute Gasteiger partial charge is 0.312 e. The van der Waals surface area contributed by atoms with Crippen LogP contribution in [0.4, 0.5) is 14.5 Å². The fourth-order valence-corrected chi connectivity index (χ4v) is 2.48. The average Bonchev–Trinajstić information content (AvgIpc) is 2.63. The second-order valence-electron chi connectivity index (χ2n) is 4.55. The van der Waals surface area contributed by atoms with Crippen molar-refractivity contribution in [1.82, 2.24) is 0 Å². The van der Waals surface area contributed by atoms with Crippen molar-refractivity contribution in [2.45, 2.75) is 5.67 Å². The second kappa shape index (κ2) is 3.88. The maximum Gasteiger partial charge on any atom is 0.273 e. The Bertz CT molecular complexity index is 656. The second-order valence-corrected chi connectivity index (χ2v) is 4.55. The minimum absolute atomic E-state index is 0.0613. The lowest BCUT2D eigenvalue weighted by molar-refractivity contribution is -0.126. The van der Waals surface area contributed by atoms with Crippen LogP contribution in [0.15, 0.2) is 48.5 Å². The van der Waals surface area contributed by atoms with E-state index in [0.29, 0.717) is 5.69 Å². The molecule has 1 amide bonds. The van der Waals surface area contributed by atoms with E-state index < -0.39 is 17.4 Å². The van der Waals surface area contributed by atoms with Gasteiger partial charge in [-0.25, -0.2) is 8.78 Å². The molecule has 1 heterocycles. The smallest absolute Gasteiger partial charge is 0.273 e. The van der Waals surface area contributed by atoms with Crippen molar-refractivity contribution in [3.8, 4) is 0 Å². The topological polar surface area (TPSA) is 20.3 Å². The number of halogens is 2. The van der Waals surface area contributed by atoms with Crippen LogP contribution in [0.1, 0.15) is 11.1 Å². The zero-order chi connectivity index (χ0) is 13.6. The number of nitrogens with zero attached hydrogens (tertiary/aromatic N) is 1. The van der Waals surface area contributed by atoms with E-state index in [1.54, 1.807) is 18.2 Å². The van der Waals surface area contributed by atoms with E-state index in [0.717, 1.165) is 6.07 Å². The fraction of sp³-hybridized carbons (Fsp3) is 0.133. The van der Waals surface area contributed by atoms with E-state index >= 15 is 4.39 Å². The van der Waals surface area contributed by atoms with Crippen molar-refractivity contribution >= 4 is 11.6 Å². The monoisotopic (exact) mass is 259 g/mol. The van der Waals surface area contributed by atoms with Crippen LogP contribution in [0, 0.1) is 5.82 Å². The Balaban J connectivity index is 2.29. The average molecular weight is 259 g/mol. The van der Waals surface area contributed by atoms with Crippen molar-refractivity contribution in [2.75, 3.05) is 11.9 Å². The summed E-state index contributed by atoms with van der Waals surface area (Å²) < 4.78 is 28.7. The third kappa shape index (κ3) is 1.49. The van der Waals surface area contributed by atoms with E-state index in [1.807, 2.05) is 0 Å². The molecule has 19 heavy (non-hydrogen) atoms. The fourth-order valence-electron chi connectivity index (χ4n) is 2.48. The molecule has 3 rings (SSSR count). The number of carbonyl (C=O) groups is 1. The standard InChI is InChI=1S/C15H11F2NO/c1-18-13-8-7-11(16)9-12(13)15(17,14(18)19)10-5-3-2-4-6-10/h2-9H,1H3/t15-/m0/s1. The third-order valence-electron chi connectivity index (χ3n) is 3.46. The summed E-state index contributed by atoms with van der Waals surface area (Å²) in [4.78, 5) is 13.4. The molecule has 96 valence electrons. The molecule has 2 nitrogen and oxygen atoms in total. The molecule has 2 aromatic carbocycles. The molecule has 0 fully saturated rings.